The second-order valence-electron chi connectivity index (χ2n) is 5.62. The summed E-state index contributed by atoms with van der Waals surface area (Å²) in [5.74, 6) is -0.0758. The average molecular weight is 447 g/mol. The lowest BCUT2D eigenvalue weighted by Crippen LogP contribution is -2.56. The van der Waals surface area contributed by atoms with Gasteiger partial charge in [0.1, 0.15) is 11.9 Å². The van der Waals surface area contributed by atoms with E-state index in [2.05, 4.69) is 16.0 Å². The number of aryl methyl sites for hydroxylation is 1. The molecule has 0 unspecified atom stereocenters. The van der Waals surface area contributed by atoms with E-state index in [1.54, 1.807) is 24.3 Å². The van der Waals surface area contributed by atoms with Gasteiger partial charge in [0.05, 0.1) is 12.7 Å². The van der Waals surface area contributed by atoms with E-state index < -0.39 is 15.9 Å². The molecule has 0 spiro atoms. The maximum atomic E-state index is 12.6. The molecular weight excluding hydrogens is 429 g/mol. The summed E-state index contributed by atoms with van der Waals surface area (Å²) in [6.07, 6.45) is -1.08. The van der Waals surface area contributed by atoms with Gasteiger partial charge in [-0.25, -0.2) is 0 Å². The van der Waals surface area contributed by atoms with Gasteiger partial charge in [0.15, 0.2) is 5.11 Å². The number of alkyl halides is 3. The van der Waals surface area contributed by atoms with E-state index in [1.165, 1.54) is 7.11 Å². The van der Waals surface area contributed by atoms with Gasteiger partial charge in [-0.1, -0.05) is 59.1 Å². The summed E-state index contributed by atoms with van der Waals surface area (Å²) >= 11 is 23.3. The first-order valence-electron chi connectivity index (χ1n) is 7.85. The Morgan fingerprint density at radius 3 is 2.44 bits per heavy atom. The molecule has 0 fully saturated rings. The predicted octanol–water partition coefficient (Wildman–Crippen LogP) is 4.42. The average Bonchev–Trinajstić information content (AvgIpc) is 2.60. The van der Waals surface area contributed by atoms with E-state index in [1.807, 2.05) is 31.2 Å². The molecule has 0 aliphatic carbocycles. The summed E-state index contributed by atoms with van der Waals surface area (Å²) in [6.45, 7) is 1.96. The molecule has 2 rings (SSSR count). The second-order valence-corrected chi connectivity index (χ2v) is 8.39. The molecule has 0 bridgehead atoms. The van der Waals surface area contributed by atoms with Crippen LogP contribution in [0, 0.1) is 6.92 Å². The van der Waals surface area contributed by atoms with E-state index >= 15 is 0 Å². The summed E-state index contributed by atoms with van der Waals surface area (Å²) in [6, 6.07) is 14.3. The number of ether oxygens (including phenoxy) is 1. The number of benzene rings is 2. The van der Waals surface area contributed by atoms with Crippen LogP contribution in [0.1, 0.15) is 15.9 Å². The van der Waals surface area contributed by atoms with Crippen LogP contribution >= 0.6 is 47.0 Å². The Morgan fingerprint density at radius 2 is 1.81 bits per heavy atom. The van der Waals surface area contributed by atoms with E-state index in [9.17, 15) is 4.79 Å². The molecule has 1 atom stereocenters. The standard InChI is InChI=1S/C18H18Cl3N3O2S/c1-11-6-5-7-12(10-11)22-17(27)24-16(18(19,20)21)23-15(25)13-8-3-4-9-14(13)26-2/h3-10,16H,1-2H3,(H,23,25)(H2,22,24,27)/t16-/m0/s1. The van der Waals surface area contributed by atoms with Gasteiger partial charge in [-0.15, -0.1) is 0 Å². The van der Waals surface area contributed by atoms with E-state index in [0.29, 0.717) is 11.3 Å². The van der Waals surface area contributed by atoms with Crippen molar-refractivity contribution in [2.75, 3.05) is 12.4 Å². The Hall–Kier alpha value is -1.73. The fourth-order valence-corrected chi connectivity index (χ4v) is 2.82. The molecule has 0 heterocycles. The fourth-order valence-electron chi connectivity index (χ4n) is 2.26. The van der Waals surface area contributed by atoms with Crippen LogP contribution in [0.15, 0.2) is 48.5 Å². The smallest absolute Gasteiger partial charge is 0.256 e. The number of carbonyl (C=O) groups excluding carboxylic acids is 1. The molecule has 144 valence electrons. The molecule has 0 saturated carbocycles. The van der Waals surface area contributed by atoms with Crippen molar-refractivity contribution < 1.29 is 9.53 Å². The first-order chi connectivity index (χ1) is 12.7. The van der Waals surface area contributed by atoms with Gasteiger partial charge in [-0.3, -0.25) is 4.79 Å². The zero-order valence-electron chi connectivity index (χ0n) is 14.6. The molecule has 3 N–H and O–H groups in total. The largest absolute Gasteiger partial charge is 0.496 e. The van der Waals surface area contributed by atoms with Crippen molar-refractivity contribution in [2.24, 2.45) is 0 Å². The van der Waals surface area contributed by atoms with Gasteiger partial charge in [0, 0.05) is 5.69 Å². The van der Waals surface area contributed by atoms with Crippen LogP contribution in [0.5, 0.6) is 5.75 Å². The molecule has 0 aliphatic heterocycles. The highest BCUT2D eigenvalue weighted by molar-refractivity contribution is 7.80. The first kappa shape index (κ1) is 21.6. The highest BCUT2D eigenvalue weighted by Gasteiger charge is 2.35. The van der Waals surface area contributed by atoms with Crippen molar-refractivity contribution in [1.29, 1.82) is 0 Å². The van der Waals surface area contributed by atoms with Gasteiger partial charge in [0.2, 0.25) is 3.79 Å². The number of amides is 1. The molecule has 0 radical (unpaired) electrons. The molecule has 2 aromatic rings. The van der Waals surface area contributed by atoms with E-state index in [0.717, 1.165) is 11.3 Å². The van der Waals surface area contributed by atoms with E-state index in [4.69, 9.17) is 51.8 Å². The summed E-state index contributed by atoms with van der Waals surface area (Å²) in [5.41, 5.74) is 2.13. The number of hydrogen-bond acceptors (Lipinski definition) is 3. The van der Waals surface area contributed by atoms with Gasteiger partial charge < -0.3 is 20.7 Å². The van der Waals surface area contributed by atoms with Gasteiger partial charge in [-0.05, 0) is 49.0 Å². The number of hydrogen-bond donors (Lipinski definition) is 3. The Balaban J connectivity index is 2.11. The zero-order chi connectivity index (χ0) is 20.0. The lowest BCUT2D eigenvalue weighted by atomic mass is 10.2. The Bertz CT molecular complexity index is 827. The number of methoxy groups -OCH3 is 1. The van der Waals surface area contributed by atoms with Crippen LogP contribution in [0.3, 0.4) is 0 Å². The molecule has 0 saturated heterocycles. The summed E-state index contributed by atoms with van der Waals surface area (Å²) in [4.78, 5) is 12.6. The minimum atomic E-state index is -1.85. The normalized spacial score (nSPS) is 12.0. The van der Waals surface area contributed by atoms with Crippen molar-refractivity contribution in [3.8, 4) is 5.75 Å². The topological polar surface area (TPSA) is 62.4 Å². The molecule has 5 nitrogen and oxygen atoms in total. The summed E-state index contributed by atoms with van der Waals surface area (Å²) in [5, 5.41) is 8.62. The molecule has 0 aromatic heterocycles. The Kier molecular flexibility index (Phi) is 7.56. The highest BCUT2D eigenvalue weighted by atomic mass is 35.6. The lowest BCUT2D eigenvalue weighted by molar-refractivity contribution is 0.0931. The highest BCUT2D eigenvalue weighted by Crippen LogP contribution is 2.30. The van der Waals surface area contributed by atoms with Crippen molar-refractivity contribution in [1.82, 2.24) is 10.6 Å². The van der Waals surface area contributed by atoms with Crippen LogP contribution in [-0.4, -0.2) is 28.1 Å². The minimum Gasteiger partial charge on any atom is -0.496 e. The fraction of sp³-hybridized carbons (Fsp3) is 0.222. The third-order valence-electron chi connectivity index (χ3n) is 3.51. The van der Waals surface area contributed by atoms with Crippen molar-refractivity contribution in [3.63, 3.8) is 0 Å². The Morgan fingerprint density at radius 1 is 1.11 bits per heavy atom. The van der Waals surface area contributed by atoms with Crippen LogP contribution in [0.2, 0.25) is 0 Å². The number of anilines is 1. The molecule has 1 amide bonds. The Labute approximate surface area is 178 Å². The maximum absolute atomic E-state index is 12.6. The van der Waals surface area contributed by atoms with E-state index in [-0.39, 0.29) is 5.11 Å². The molecule has 27 heavy (non-hydrogen) atoms. The van der Waals surface area contributed by atoms with Crippen LogP contribution in [0.4, 0.5) is 5.69 Å². The number of halogens is 3. The van der Waals surface area contributed by atoms with Gasteiger partial charge in [-0.2, -0.15) is 0 Å². The third-order valence-corrected chi connectivity index (χ3v) is 4.38. The quantitative estimate of drug-likeness (QED) is 0.361. The molecule has 2 aromatic carbocycles. The third kappa shape index (κ3) is 6.43. The first-order valence-corrected chi connectivity index (χ1v) is 9.39. The van der Waals surface area contributed by atoms with Crippen molar-refractivity contribution in [2.45, 2.75) is 16.9 Å². The monoisotopic (exact) mass is 445 g/mol. The van der Waals surface area contributed by atoms with Crippen LogP contribution < -0.4 is 20.7 Å². The molecular formula is C18H18Cl3N3O2S. The number of rotatable bonds is 5. The summed E-state index contributed by atoms with van der Waals surface area (Å²) < 4.78 is 3.34. The molecule has 0 aliphatic rings. The second kappa shape index (κ2) is 9.46. The number of para-hydroxylation sites is 1. The predicted molar refractivity (Wildman–Crippen MR) is 115 cm³/mol. The number of carbonyl (C=O) groups is 1. The summed E-state index contributed by atoms with van der Waals surface area (Å²) in [7, 11) is 1.47. The van der Waals surface area contributed by atoms with Crippen molar-refractivity contribution in [3.05, 3.63) is 59.7 Å². The SMILES string of the molecule is COc1ccccc1C(=O)N[C@@H](NC(=S)Nc1cccc(C)c1)C(Cl)(Cl)Cl. The van der Waals surface area contributed by atoms with Gasteiger partial charge in [0.25, 0.3) is 5.91 Å². The number of thiocarbonyl (C=S) groups is 1. The molecule has 9 heteroatoms. The van der Waals surface area contributed by atoms with Gasteiger partial charge >= 0.3 is 0 Å². The lowest BCUT2D eigenvalue weighted by Gasteiger charge is -2.28. The maximum Gasteiger partial charge on any atom is 0.256 e. The minimum absolute atomic E-state index is 0.192. The van der Waals surface area contributed by atoms with Crippen LogP contribution in [-0.2, 0) is 0 Å². The van der Waals surface area contributed by atoms with Crippen molar-refractivity contribution >= 4 is 63.7 Å². The zero-order valence-corrected chi connectivity index (χ0v) is 17.6. The van der Waals surface area contributed by atoms with Crippen LogP contribution in [0.25, 0.3) is 0 Å². The number of nitrogens with one attached hydrogen (secondary N) is 3.